The van der Waals surface area contributed by atoms with Crippen molar-refractivity contribution in [2.45, 2.75) is 26.3 Å². The Bertz CT molecular complexity index is 1480. The molecule has 10 heteroatoms. The van der Waals surface area contributed by atoms with E-state index in [-0.39, 0.29) is 22.1 Å². The van der Waals surface area contributed by atoms with E-state index in [2.05, 4.69) is 20.4 Å². The summed E-state index contributed by atoms with van der Waals surface area (Å²) in [6.45, 7) is 2.20. The minimum absolute atomic E-state index is 0.0517. The van der Waals surface area contributed by atoms with Crippen molar-refractivity contribution in [3.05, 3.63) is 98.4 Å². The fraction of sp³-hybridized carbons (Fsp3) is 0.192. The molecule has 0 aliphatic heterocycles. The Morgan fingerprint density at radius 2 is 1.75 bits per heavy atom. The molecule has 2 aromatic heterocycles. The zero-order valence-corrected chi connectivity index (χ0v) is 20.6. The lowest BCUT2D eigenvalue weighted by molar-refractivity contribution is 0.0600. The van der Waals surface area contributed by atoms with Crippen LogP contribution in [0.4, 0.5) is 5.69 Å². The average molecular weight is 505 g/mol. The number of hydrogen-bond donors (Lipinski definition) is 2. The van der Waals surface area contributed by atoms with Gasteiger partial charge in [0.1, 0.15) is 10.6 Å². The SMILES string of the molecule is CCCc1cc(=O)n2c(C(=O)NCc3ccccc3)c(C(=O)Nc3ccc(C(=O)OC)cc3)sc2n1. The van der Waals surface area contributed by atoms with E-state index in [9.17, 15) is 19.2 Å². The third-order valence-corrected chi connectivity index (χ3v) is 6.40. The molecule has 0 saturated heterocycles. The predicted octanol–water partition coefficient (Wildman–Crippen LogP) is 3.68. The van der Waals surface area contributed by atoms with Gasteiger partial charge in [0.2, 0.25) is 0 Å². The number of carbonyl (C=O) groups is 3. The Balaban J connectivity index is 1.70. The van der Waals surface area contributed by atoms with Crippen LogP contribution in [0.25, 0.3) is 4.96 Å². The first-order chi connectivity index (χ1) is 17.4. The van der Waals surface area contributed by atoms with Gasteiger partial charge in [-0.25, -0.2) is 14.2 Å². The number of nitrogens with one attached hydrogen (secondary N) is 2. The van der Waals surface area contributed by atoms with Crippen molar-refractivity contribution in [1.82, 2.24) is 14.7 Å². The molecule has 0 saturated carbocycles. The Morgan fingerprint density at radius 3 is 2.42 bits per heavy atom. The second-order valence-electron chi connectivity index (χ2n) is 7.92. The highest BCUT2D eigenvalue weighted by molar-refractivity contribution is 7.19. The van der Waals surface area contributed by atoms with Gasteiger partial charge >= 0.3 is 5.97 Å². The highest BCUT2D eigenvalue weighted by Gasteiger charge is 2.26. The summed E-state index contributed by atoms with van der Waals surface area (Å²) >= 11 is 0.972. The van der Waals surface area contributed by atoms with Crippen LogP contribution in [0.5, 0.6) is 0 Å². The summed E-state index contributed by atoms with van der Waals surface area (Å²) < 4.78 is 5.87. The van der Waals surface area contributed by atoms with E-state index in [1.807, 2.05) is 37.3 Å². The van der Waals surface area contributed by atoms with E-state index < -0.39 is 23.3 Å². The van der Waals surface area contributed by atoms with Gasteiger partial charge in [-0.1, -0.05) is 55.0 Å². The number of aromatic nitrogens is 2. The predicted molar refractivity (Wildman–Crippen MR) is 137 cm³/mol. The van der Waals surface area contributed by atoms with Crippen molar-refractivity contribution in [3.8, 4) is 0 Å². The number of nitrogens with zero attached hydrogens (tertiary/aromatic N) is 2. The van der Waals surface area contributed by atoms with Gasteiger partial charge in [0.25, 0.3) is 17.4 Å². The lowest BCUT2D eigenvalue weighted by atomic mass is 10.2. The topological polar surface area (TPSA) is 119 Å². The Morgan fingerprint density at radius 1 is 1.03 bits per heavy atom. The Kier molecular flexibility index (Phi) is 7.55. The quantitative estimate of drug-likeness (QED) is 0.354. The van der Waals surface area contributed by atoms with Crippen molar-refractivity contribution in [2.24, 2.45) is 0 Å². The molecule has 0 unspecified atom stereocenters. The summed E-state index contributed by atoms with van der Waals surface area (Å²) in [4.78, 5) is 56.0. The molecule has 9 nitrogen and oxygen atoms in total. The van der Waals surface area contributed by atoms with Crippen LogP contribution in [0.15, 0.2) is 65.5 Å². The van der Waals surface area contributed by atoms with Crippen molar-refractivity contribution in [2.75, 3.05) is 12.4 Å². The van der Waals surface area contributed by atoms with E-state index in [0.717, 1.165) is 23.3 Å². The monoisotopic (exact) mass is 504 g/mol. The van der Waals surface area contributed by atoms with E-state index in [4.69, 9.17) is 0 Å². The first-order valence-electron chi connectivity index (χ1n) is 11.3. The van der Waals surface area contributed by atoms with Gasteiger partial charge in [-0.3, -0.25) is 14.4 Å². The van der Waals surface area contributed by atoms with Gasteiger partial charge in [-0.05, 0) is 36.2 Å². The molecule has 0 radical (unpaired) electrons. The summed E-state index contributed by atoms with van der Waals surface area (Å²) in [6.07, 6.45) is 1.40. The smallest absolute Gasteiger partial charge is 0.337 e. The van der Waals surface area contributed by atoms with Crippen molar-refractivity contribution < 1.29 is 19.1 Å². The molecule has 0 fully saturated rings. The maximum atomic E-state index is 13.3. The van der Waals surface area contributed by atoms with Gasteiger partial charge in [-0.15, -0.1) is 0 Å². The molecule has 0 atom stereocenters. The number of anilines is 1. The standard InChI is InChI=1S/C26H24N4O5S/c1-3-7-19-14-20(31)30-21(23(32)27-15-16-8-5-4-6-9-16)22(36-26(30)29-19)24(33)28-18-12-10-17(11-13-18)25(34)35-2/h4-6,8-14H,3,7,15H2,1-2H3,(H,27,32)(H,28,33). The van der Waals surface area contributed by atoms with Gasteiger partial charge < -0.3 is 15.4 Å². The number of thiazole rings is 1. The summed E-state index contributed by atoms with van der Waals surface area (Å²) in [7, 11) is 1.28. The minimum Gasteiger partial charge on any atom is -0.465 e. The van der Waals surface area contributed by atoms with Crippen LogP contribution in [0.2, 0.25) is 0 Å². The molecule has 0 aliphatic carbocycles. The normalized spacial score (nSPS) is 10.7. The maximum Gasteiger partial charge on any atom is 0.337 e. The third kappa shape index (κ3) is 5.33. The molecule has 4 rings (SSSR count). The molecule has 4 aromatic rings. The number of ether oxygens (including phenoxy) is 1. The van der Waals surface area contributed by atoms with Crippen LogP contribution in [0.3, 0.4) is 0 Å². The molecule has 2 heterocycles. The number of esters is 1. The molecular formula is C26H24N4O5S. The lowest BCUT2D eigenvalue weighted by Gasteiger charge is -2.09. The molecule has 2 amide bonds. The van der Waals surface area contributed by atoms with Crippen LogP contribution in [-0.2, 0) is 17.7 Å². The molecule has 2 N–H and O–H groups in total. The first kappa shape index (κ1) is 24.8. The van der Waals surface area contributed by atoms with Crippen molar-refractivity contribution in [1.29, 1.82) is 0 Å². The van der Waals surface area contributed by atoms with E-state index in [0.29, 0.717) is 23.4 Å². The van der Waals surface area contributed by atoms with E-state index in [1.165, 1.54) is 29.7 Å². The highest BCUT2D eigenvalue weighted by Crippen LogP contribution is 2.23. The number of amides is 2. The summed E-state index contributed by atoms with van der Waals surface area (Å²) in [5, 5.41) is 5.52. The van der Waals surface area contributed by atoms with Gasteiger partial charge in [-0.2, -0.15) is 0 Å². The van der Waals surface area contributed by atoms with Gasteiger partial charge in [0, 0.05) is 24.0 Å². The molecule has 0 aliphatic rings. The number of carbonyl (C=O) groups excluding carboxylic acids is 3. The van der Waals surface area contributed by atoms with Crippen LogP contribution >= 0.6 is 11.3 Å². The van der Waals surface area contributed by atoms with Gasteiger partial charge in [0.15, 0.2) is 4.96 Å². The fourth-order valence-electron chi connectivity index (χ4n) is 3.62. The first-order valence-corrected chi connectivity index (χ1v) is 12.1. The van der Waals surface area contributed by atoms with Crippen molar-refractivity contribution in [3.63, 3.8) is 0 Å². The van der Waals surface area contributed by atoms with Crippen LogP contribution < -0.4 is 16.2 Å². The fourth-order valence-corrected chi connectivity index (χ4v) is 4.66. The van der Waals surface area contributed by atoms with Crippen LogP contribution in [-0.4, -0.2) is 34.3 Å². The second-order valence-corrected chi connectivity index (χ2v) is 8.90. The number of benzene rings is 2. The number of hydrogen-bond acceptors (Lipinski definition) is 7. The molecule has 0 spiro atoms. The minimum atomic E-state index is -0.572. The summed E-state index contributed by atoms with van der Waals surface area (Å²) in [5.41, 5.74) is 1.72. The molecule has 0 bridgehead atoms. The molecule has 36 heavy (non-hydrogen) atoms. The molecule has 2 aromatic carbocycles. The molecule has 184 valence electrons. The lowest BCUT2D eigenvalue weighted by Crippen LogP contribution is -2.30. The third-order valence-electron chi connectivity index (χ3n) is 5.36. The Labute approximate surface area is 210 Å². The van der Waals surface area contributed by atoms with E-state index >= 15 is 0 Å². The maximum absolute atomic E-state index is 13.3. The summed E-state index contributed by atoms with van der Waals surface area (Å²) in [6, 6.07) is 16.8. The largest absolute Gasteiger partial charge is 0.465 e. The number of rotatable bonds is 8. The Hall–Kier alpha value is -4.31. The van der Waals surface area contributed by atoms with Crippen LogP contribution in [0.1, 0.15) is 55.1 Å². The zero-order chi connectivity index (χ0) is 25.7. The zero-order valence-electron chi connectivity index (χ0n) is 19.7. The average Bonchev–Trinajstić information content (AvgIpc) is 3.28. The molecular weight excluding hydrogens is 480 g/mol. The van der Waals surface area contributed by atoms with Crippen molar-refractivity contribution >= 4 is 39.8 Å². The van der Waals surface area contributed by atoms with Gasteiger partial charge in [0.05, 0.1) is 12.7 Å². The number of methoxy groups -OCH3 is 1. The van der Waals surface area contributed by atoms with E-state index in [1.54, 1.807) is 12.1 Å². The van der Waals surface area contributed by atoms with Crippen LogP contribution in [0, 0.1) is 0 Å². The number of aryl methyl sites for hydroxylation is 1. The second kappa shape index (κ2) is 11.0. The highest BCUT2D eigenvalue weighted by atomic mass is 32.1. The number of fused-ring (bicyclic) bond motifs is 1. The summed E-state index contributed by atoms with van der Waals surface area (Å²) in [5.74, 6) is -1.64.